The number of carbonyl (C=O) groups is 1. The molecule has 0 aliphatic rings. The van der Waals surface area contributed by atoms with Crippen LogP contribution < -0.4 is 10.2 Å². The maximum atomic E-state index is 11.7. The molecule has 0 bridgehead atoms. The van der Waals surface area contributed by atoms with Gasteiger partial charge in [0.05, 0.1) is 12.2 Å². The van der Waals surface area contributed by atoms with Crippen LogP contribution in [0.1, 0.15) is 22.8 Å². The van der Waals surface area contributed by atoms with E-state index in [1.165, 1.54) is 11.9 Å². The van der Waals surface area contributed by atoms with Gasteiger partial charge in [0.25, 0.3) is 0 Å². The topological polar surface area (TPSA) is 80.2 Å². The summed E-state index contributed by atoms with van der Waals surface area (Å²) < 4.78 is 4.99. The van der Waals surface area contributed by atoms with Crippen LogP contribution in [0.2, 0.25) is 0 Å². The number of esters is 1. The number of nitrogens with one attached hydrogen (secondary N) is 1. The second-order valence-corrected chi connectivity index (χ2v) is 6.21. The Kier molecular flexibility index (Phi) is 6.51. The Morgan fingerprint density at radius 2 is 1.86 bits per heavy atom. The lowest BCUT2D eigenvalue weighted by Gasteiger charge is -2.18. The number of nitrogens with zero attached hydrogens (tertiary/aromatic N) is 4. The zero-order chi connectivity index (χ0) is 19.8. The predicted molar refractivity (Wildman–Crippen MR) is 109 cm³/mol. The molecular formula is C21H23N5O2. The second kappa shape index (κ2) is 9.45. The molecule has 0 aliphatic heterocycles. The number of pyridine rings is 1. The van der Waals surface area contributed by atoms with E-state index < -0.39 is 0 Å². The zero-order valence-electron chi connectivity index (χ0n) is 16.0. The van der Waals surface area contributed by atoms with Crippen molar-refractivity contribution in [2.45, 2.75) is 13.3 Å². The number of benzene rings is 1. The summed E-state index contributed by atoms with van der Waals surface area (Å²) in [5.74, 6) is 1.19. The molecule has 0 fully saturated rings. The minimum Gasteiger partial charge on any atom is -0.462 e. The number of anilines is 3. The van der Waals surface area contributed by atoms with E-state index in [0.717, 1.165) is 24.5 Å². The first kappa shape index (κ1) is 19.3. The molecule has 0 spiro atoms. The van der Waals surface area contributed by atoms with Crippen molar-refractivity contribution in [3.8, 4) is 0 Å². The predicted octanol–water partition coefficient (Wildman–Crippen LogP) is 3.47. The van der Waals surface area contributed by atoms with Crippen LogP contribution in [0.3, 0.4) is 0 Å². The summed E-state index contributed by atoms with van der Waals surface area (Å²) in [5, 5.41) is 3.23. The number of rotatable bonds is 8. The van der Waals surface area contributed by atoms with E-state index in [1.807, 2.05) is 37.4 Å². The minimum absolute atomic E-state index is 0.325. The van der Waals surface area contributed by atoms with Crippen molar-refractivity contribution in [3.63, 3.8) is 0 Å². The monoisotopic (exact) mass is 377 g/mol. The van der Waals surface area contributed by atoms with Gasteiger partial charge in [0.1, 0.15) is 18.0 Å². The summed E-state index contributed by atoms with van der Waals surface area (Å²) in [6.45, 7) is 2.97. The Balaban J connectivity index is 1.62. The molecule has 0 saturated heterocycles. The Morgan fingerprint density at radius 3 is 2.57 bits per heavy atom. The molecule has 144 valence electrons. The molecule has 7 nitrogen and oxygen atoms in total. The summed E-state index contributed by atoms with van der Waals surface area (Å²) in [7, 11) is 2.00. The molecule has 1 aromatic carbocycles. The van der Waals surface area contributed by atoms with Crippen LogP contribution in [-0.2, 0) is 11.2 Å². The fraction of sp³-hybridized carbons (Fsp3) is 0.238. The van der Waals surface area contributed by atoms with Crippen molar-refractivity contribution in [2.24, 2.45) is 0 Å². The zero-order valence-corrected chi connectivity index (χ0v) is 16.0. The number of hydrogen-bond donors (Lipinski definition) is 1. The average Bonchev–Trinajstić information content (AvgIpc) is 2.73. The third kappa shape index (κ3) is 5.26. The number of hydrogen-bond acceptors (Lipinski definition) is 7. The molecule has 0 unspecified atom stereocenters. The number of carbonyl (C=O) groups excluding carboxylic acids is 1. The van der Waals surface area contributed by atoms with Gasteiger partial charge in [-0.05, 0) is 55.3 Å². The van der Waals surface area contributed by atoms with Crippen LogP contribution in [0.15, 0.2) is 61.2 Å². The summed E-state index contributed by atoms with van der Waals surface area (Å²) in [4.78, 5) is 26.5. The van der Waals surface area contributed by atoms with Crippen molar-refractivity contribution >= 4 is 23.3 Å². The summed E-state index contributed by atoms with van der Waals surface area (Å²) in [6.07, 6.45) is 6.04. The molecule has 0 aliphatic carbocycles. The maximum absolute atomic E-state index is 11.7. The Labute approximate surface area is 164 Å². The molecule has 0 amide bonds. The van der Waals surface area contributed by atoms with Gasteiger partial charge < -0.3 is 15.0 Å². The van der Waals surface area contributed by atoms with Crippen molar-refractivity contribution < 1.29 is 9.53 Å². The summed E-state index contributed by atoms with van der Waals surface area (Å²) in [5.41, 5.74) is 2.58. The van der Waals surface area contributed by atoms with E-state index in [9.17, 15) is 4.79 Å². The fourth-order valence-electron chi connectivity index (χ4n) is 2.64. The van der Waals surface area contributed by atoms with Crippen molar-refractivity contribution in [1.29, 1.82) is 0 Å². The van der Waals surface area contributed by atoms with E-state index in [0.29, 0.717) is 18.0 Å². The molecule has 0 atom stereocenters. The van der Waals surface area contributed by atoms with E-state index in [1.54, 1.807) is 31.5 Å². The highest BCUT2D eigenvalue weighted by atomic mass is 16.5. The Hall–Kier alpha value is -3.48. The molecular weight excluding hydrogens is 354 g/mol. The van der Waals surface area contributed by atoms with Crippen LogP contribution in [0, 0.1) is 0 Å². The lowest BCUT2D eigenvalue weighted by Crippen LogP contribution is -2.21. The molecule has 7 heteroatoms. The number of aromatic nitrogens is 3. The first-order chi connectivity index (χ1) is 13.7. The van der Waals surface area contributed by atoms with Gasteiger partial charge in [-0.3, -0.25) is 4.98 Å². The number of ether oxygens (including phenoxy) is 1. The largest absolute Gasteiger partial charge is 0.462 e. The maximum Gasteiger partial charge on any atom is 0.338 e. The highest BCUT2D eigenvalue weighted by molar-refractivity contribution is 5.89. The van der Waals surface area contributed by atoms with E-state index in [4.69, 9.17) is 4.74 Å². The molecule has 3 aromatic rings. The van der Waals surface area contributed by atoms with Crippen LogP contribution >= 0.6 is 0 Å². The normalized spacial score (nSPS) is 10.4. The van der Waals surface area contributed by atoms with E-state index >= 15 is 0 Å². The van der Waals surface area contributed by atoms with E-state index in [2.05, 4.69) is 25.2 Å². The summed E-state index contributed by atoms with van der Waals surface area (Å²) >= 11 is 0. The van der Waals surface area contributed by atoms with Gasteiger partial charge >= 0.3 is 5.97 Å². The fourth-order valence-corrected chi connectivity index (χ4v) is 2.64. The molecule has 3 rings (SSSR count). The van der Waals surface area contributed by atoms with Gasteiger partial charge in [-0.25, -0.2) is 14.8 Å². The van der Waals surface area contributed by atoms with Gasteiger partial charge in [-0.15, -0.1) is 0 Å². The quantitative estimate of drug-likeness (QED) is 0.602. The van der Waals surface area contributed by atoms with Crippen LogP contribution in [0.5, 0.6) is 0 Å². The van der Waals surface area contributed by atoms with Crippen molar-refractivity contribution in [1.82, 2.24) is 15.0 Å². The first-order valence-corrected chi connectivity index (χ1v) is 9.12. The molecule has 1 N–H and O–H groups in total. The van der Waals surface area contributed by atoms with Gasteiger partial charge in [0.2, 0.25) is 0 Å². The molecule has 0 saturated carbocycles. The Bertz CT molecular complexity index is 900. The summed E-state index contributed by atoms with van der Waals surface area (Å²) in [6, 6.07) is 13.0. The highest BCUT2D eigenvalue weighted by Crippen LogP contribution is 2.19. The highest BCUT2D eigenvalue weighted by Gasteiger charge is 2.08. The van der Waals surface area contributed by atoms with Crippen molar-refractivity contribution in [3.05, 3.63) is 72.3 Å². The molecule has 0 radical (unpaired) electrons. The third-order valence-electron chi connectivity index (χ3n) is 4.20. The van der Waals surface area contributed by atoms with Crippen LogP contribution in [-0.4, -0.2) is 41.1 Å². The SMILES string of the molecule is CCOC(=O)c1ccc(Nc2cc(N(C)CCc3ccncc3)ncn2)cc1. The smallest absolute Gasteiger partial charge is 0.338 e. The average molecular weight is 377 g/mol. The van der Waals surface area contributed by atoms with Gasteiger partial charge in [-0.2, -0.15) is 0 Å². The van der Waals surface area contributed by atoms with Crippen molar-refractivity contribution in [2.75, 3.05) is 30.4 Å². The molecule has 2 heterocycles. The molecule has 2 aromatic heterocycles. The molecule has 28 heavy (non-hydrogen) atoms. The van der Waals surface area contributed by atoms with Gasteiger partial charge in [0.15, 0.2) is 0 Å². The van der Waals surface area contributed by atoms with Gasteiger partial charge in [-0.1, -0.05) is 0 Å². The van der Waals surface area contributed by atoms with Gasteiger partial charge in [0, 0.05) is 37.7 Å². The number of likely N-dealkylation sites (N-methyl/N-ethyl adjacent to an activating group) is 1. The first-order valence-electron chi connectivity index (χ1n) is 9.12. The lowest BCUT2D eigenvalue weighted by atomic mass is 10.2. The second-order valence-electron chi connectivity index (χ2n) is 6.21. The minimum atomic E-state index is -0.325. The Morgan fingerprint density at radius 1 is 1.11 bits per heavy atom. The van der Waals surface area contributed by atoms with E-state index in [-0.39, 0.29) is 5.97 Å². The van der Waals surface area contributed by atoms with Crippen LogP contribution in [0.4, 0.5) is 17.3 Å². The van der Waals surface area contributed by atoms with Crippen LogP contribution in [0.25, 0.3) is 0 Å². The lowest BCUT2D eigenvalue weighted by molar-refractivity contribution is 0.0526. The standard InChI is InChI=1S/C21H23N5O2/c1-3-28-21(27)17-4-6-18(7-5-17)25-19-14-20(24-15-23-19)26(2)13-10-16-8-11-22-12-9-16/h4-9,11-12,14-15H,3,10,13H2,1-2H3,(H,23,24,25). The third-order valence-corrected chi connectivity index (χ3v) is 4.20.